The number of thiophene rings is 1. The van der Waals surface area contributed by atoms with Crippen LogP contribution >= 0.6 is 27.3 Å². The van der Waals surface area contributed by atoms with Crippen LogP contribution in [0.4, 0.5) is 0 Å². The Hall–Kier alpha value is 0.0600. The van der Waals surface area contributed by atoms with E-state index < -0.39 is 0 Å². The van der Waals surface area contributed by atoms with Crippen molar-refractivity contribution in [3.63, 3.8) is 0 Å². The zero-order chi connectivity index (χ0) is 9.68. The fourth-order valence-electron chi connectivity index (χ4n) is 0.911. The molecule has 0 bridgehead atoms. The monoisotopic (exact) mass is 263 g/mol. The summed E-state index contributed by atoms with van der Waals surface area (Å²) in [5.41, 5.74) is 11.0. The van der Waals surface area contributed by atoms with Crippen LogP contribution in [0.2, 0.25) is 0 Å². The first-order valence-corrected chi connectivity index (χ1v) is 5.74. The van der Waals surface area contributed by atoms with Crippen LogP contribution in [0.3, 0.4) is 0 Å². The number of hydrogen-bond donors (Lipinski definition) is 3. The second-order valence-corrected chi connectivity index (χ2v) is 5.38. The van der Waals surface area contributed by atoms with Gasteiger partial charge in [0.25, 0.3) is 0 Å². The maximum Gasteiger partial charge on any atom is 0.0701 e. The average Bonchev–Trinajstić information content (AvgIpc) is 2.51. The molecule has 1 atom stereocenters. The van der Waals surface area contributed by atoms with Crippen LogP contribution in [0.15, 0.2) is 15.9 Å². The minimum Gasteiger partial charge on any atom is -0.329 e. The van der Waals surface area contributed by atoms with Crippen molar-refractivity contribution in [3.8, 4) is 0 Å². The van der Waals surface area contributed by atoms with Crippen molar-refractivity contribution in [3.05, 3.63) is 20.8 Å². The Morgan fingerprint density at radius 2 is 2.31 bits per heavy atom. The maximum absolute atomic E-state index is 5.65. The molecule has 0 aliphatic carbocycles. The summed E-state index contributed by atoms with van der Waals surface area (Å²) in [6.07, 6.45) is 0. The average molecular weight is 264 g/mol. The lowest BCUT2D eigenvalue weighted by atomic mass is 10.3. The van der Waals surface area contributed by atoms with Crippen molar-refractivity contribution < 1.29 is 0 Å². The predicted octanol–water partition coefficient (Wildman–Crippen LogP) is 0.886. The van der Waals surface area contributed by atoms with Gasteiger partial charge in [-0.05, 0) is 28.1 Å². The first kappa shape index (κ1) is 11.1. The van der Waals surface area contributed by atoms with Gasteiger partial charge in [0.1, 0.15) is 0 Å². The minimum atomic E-state index is 0.0587. The molecule has 0 saturated heterocycles. The molecule has 0 fully saturated rings. The number of nitrogens with two attached hydrogens (primary N) is 2. The second kappa shape index (κ2) is 5.72. The van der Waals surface area contributed by atoms with E-state index in [9.17, 15) is 0 Å². The molecule has 1 rings (SSSR count). The van der Waals surface area contributed by atoms with Gasteiger partial charge in [-0.2, -0.15) is 0 Å². The minimum absolute atomic E-state index is 0.0587. The topological polar surface area (TPSA) is 64.1 Å². The van der Waals surface area contributed by atoms with E-state index in [1.807, 2.05) is 6.07 Å². The number of hydrogen-bond acceptors (Lipinski definition) is 4. The quantitative estimate of drug-likeness (QED) is 0.740. The summed E-state index contributed by atoms with van der Waals surface area (Å²) < 4.78 is 1.16. The standard InChI is InChI=1S/C8H14BrN3S/c9-8-2-1-7(13-8)5-12-4-6(11)3-10/h1-2,6,12H,3-5,10-11H2. The van der Waals surface area contributed by atoms with Crippen LogP contribution < -0.4 is 16.8 Å². The molecule has 0 aliphatic rings. The SMILES string of the molecule is NCC(N)CNCc1ccc(Br)s1. The van der Waals surface area contributed by atoms with Gasteiger partial charge >= 0.3 is 0 Å². The summed E-state index contributed by atoms with van der Waals surface area (Å²) in [6.45, 7) is 2.16. The maximum atomic E-state index is 5.65. The lowest BCUT2D eigenvalue weighted by molar-refractivity contribution is 0.585. The first-order valence-electron chi connectivity index (χ1n) is 4.13. The van der Waals surface area contributed by atoms with Crippen LogP contribution in [-0.4, -0.2) is 19.1 Å². The summed E-state index contributed by atoms with van der Waals surface area (Å²) in [5, 5.41) is 3.25. The van der Waals surface area contributed by atoms with Gasteiger partial charge in [-0.15, -0.1) is 11.3 Å². The Kier molecular flexibility index (Phi) is 4.90. The molecule has 13 heavy (non-hydrogen) atoms. The highest BCUT2D eigenvalue weighted by molar-refractivity contribution is 9.11. The van der Waals surface area contributed by atoms with Crippen LogP contribution in [0.5, 0.6) is 0 Å². The van der Waals surface area contributed by atoms with Crippen molar-refractivity contribution in [2.75, 3.05) is 13.1 Å². The Labute approximate surface area is 90.6 Å². The van der Waals surface area contributed by atoms with Gasteiger partial charge in [0.2, 0.25) is 0 Å². The summed E-state index contributed by atoms with van der Waals surface area (Å²) in [4.78, 5) is 1.30. The van der Waals surface area contributed by atoms with Gasteiger partial charge in [-0.25, -0.2) is 0 Å². The van der Waals surface area contributed by atoms with Gasteiger partial charge in [0, 0.05) is 30.6 Å². The molecule has 0 aliphatic heterocycles. The van der Waals surface area contributed by atoms with E-state index in [0.717, 1.165) is 16.9 Å². The Morgan fingerprint density at radius 3 is 2.85 bits per heavy atom. The Balaban J connectivity index is 2.20. The molecule has 1 heterocycles. The van der Waals surface area contributed by atoms with Crippen LogP contribution in [0, 0.1) is 0 Å². The van der Waals surface area contributed by atoms with Gasteiger partial charge in [0.05, 0.1) is 3.79 Å². The summed E-state index contributed by atoms with van der Waals surface area (Å²) >= 11 is 5.14. The van der Waals surface area contributed by atoms with Crippen molar-refractivity contribution in [1.82, 2.24) is 5.32 Å². The molecule has 5 heteroatoms. The molecular weight excluding hydrogens is 250 g/mol. The van der Waals surface area contributed by atoms with E-state index >= 15 is 0 Å². The zero-order valence-corrected chi connectivity index (χ0v) is 9.70. The third-order valence-electron chi connectivity index (χ3n) is 1.64. The Bertz CT molecular complexity index is 251. The predicted molar refractivity (Wildman–Crippen MR) is 60.8 cm³/mol. The highest BCUT2D eigenvalue weighted by atomic mass is 79.9. The molecule has 0 spiro atoms. The molecule has 1 aromatic heterocycles. The summed E-state index contributed by atoms with van der Waals surface area (Å²) in [7, 11) is 0. The van der Waals surface area contributed by atoms with E-state index in [4.69, 9.17) is 11.5 Å². The highest BCUT2D eigenvalue weighted by Gasteiger charge is 2.00. The van der Waals surface area contributed by atoms with E-state index in [-0.39, 0.29) is 6.04 Å². The molecule has 1 unspecified atom stereocenters. The molecule has 1 aromatic rings. The molecular formula is C8H14BrN3S. The fourth-order valence-corrected chi connectivity index (χ4v) is 2.36. The number of nitrogens with one attached hydrogen (secondary N) is 1. The molecule has 74 valence electrons. The van der Waals surface area contributed by atoms with Crippen LogP contribution in [0.1, 0.15) is 4.88 Å². The second-order valence-electron chi connectivity index (χ2n) is 2.83. The van der Waals surface area contributed by atoms with E-state index in [1.54, 1.807) is 11.3 Å². The first-order chi connectivity index (χ1) is 6.22. The largest absolute Gasteiger partial charge is 0.329 e. The summed E-state index contributed by atoms with van der Waals surface area (Å²) in [6, 6.07) is 4.20. The van der Waals surface area contributed by atoms with Gasteiger partial charge < -0.3 is 16.8 Å². The van der Waals surface area contributed by atoms with E-state index in [0.29, 0.717) is 6.54 Å². The molecule has 0 amide bonds. The van der Waals surface area contributed by atoms with Crippen molar-refractivity contribution in [2.45, 2.75) is 12.6 Å². The van der Waals surface area contributed by atoms with Crippen LogP contribution in [0.25, 0.3) is 0 Å². The molecule has 5 N–H and O–H groups in total. The molecule has 0 aromatic carbocycles. The van der Waals surface area contributed by atoms with E-state index in [2.05, 4.69) is 27.3 Å². The lowest BCUT2D eigenvalue weighted by Gasteiger charge is -2.08. The Morgan fingerprint density at radius 1 is 1.54 bits per heavy atom. The van der Waals surface area contributed by atoms with Gasteiger partial charge in [-0.3, -0.25) is 0 Å². The third-order valence-corrected chi connectivity index (χ3v) is 3.26. The van der Waals surface area contributed by atoms with Crippen LogP contribution in [-0.2, 0) is 6.54 Å². The third kappa shape index (κ3) is 4.19. The van der Waals surface area contributed by atoms with Crippen molar-refractivity contribution in [1.29, 1.82) is 0 Å². The summed E-state index contributed by atoms with van der Waals surface area (Å²) in [5.74, 6) is 0. The van der Waals surface area contributed by atoms with E-state index in [1.165, 1.54) is 4.88 Å². The molecule has 3 nitrogen and oxygen atoms in total. The molecule has 0 radical (unpaired) electrons. The van der Waals surface area contributed by atoms with Gasteiger partial charge in [-0.1, -0.05) is 0 Å². The lowest BCUT2D eigenvalue weighted by Crippen LogP contribution is -2.39. The highest BCUT2D eigenvalue weighted by Crippen LogP contribution is 2.21. The number of halogens is 1. The number of rotatable bonds is 5. The molecule has 0 saturated carbocycles. The van der Waals surface area contributed by atoms with Crippen molar-refractivity contribution in [2.24, 2.45) is 11.5 Å². The smallest absolute Gasteiger partial charge is 0.0701 e. The zero-order valence-electron chi connectivity index (χ0n) is 7.29. The van der Waals surface area contributed by atoms with Crippen molar-refractivity contribution >= 4 is 27.3 Å². The normalized spacial score (nSPS) is 13.2. The van der Waals surface area contributed by atoms with Gasteiger partial charge in [0.15, 0.2) is 0 Å². The fraction of sp³-hybridized carbons (Fsp3) is 0.500.